The van der Waals surface area contributed by atoms with Gasteiger partial charge in [0.15, 0.2) is 11.6 Å². The van der Waals surface area contributed by atoms with Crippen molar-refractivity contribution in [3.63, 3.8) is 0 Å². The SMILES string of the molecule is CCOc1cc(=O)n(C)cc1-c1cc(NC(=O)CCCc2ccccc2)ccc1Oc1ccc(F)cc1F. The third-order valence-corrected chi connectivity index (χ3v) is 5.87. The van der Waals surface area contributed by atoms with Gasteiger partial charge in [-0.1, -0.05) is 30.3 Å². The number of pyridine rings is 1. The summed E-state index contributed by atoms with van der Waals surface area (Å²) in [7, 11) is 1.60. The molecule has 0 radical (unpaired) electrons. The highest BCUT2D eigenvalue weighted by molar-refractivity contribution is 5.92. The molecule has 0 aliphatic rings. The lowest BCUT2D eigenvalue weighted by Gasteiger charge is -2.17. The molecule has 196 valence electrons. The molecule has 0 aliphatic heterocycles. The molecule has 1 amide bonds. The zero-order valence-electron chi connectivity index (χ0n) is 21.2. The van der Waals surface area contributed by atoms with Gasteiger partial charge in [0, 0.05) is 48.6 Å². The van der Waals surface area contributed by atoms with Crippen LogP contribution in [0.25, 0.3) is 11.1 Å². The molecule has 8 heteroatoms. The first-order valence-corrected chi connectivity index (χ1v) is 12.3. The van der Waals surface area contributed by atoms with Crippen LogP contribution in [0.3, 0.4) is 0 Å². The van der Waals surface area contributed by atoms with E-state index in [1.165, 1.54) is 16.7 Å². The van der Waals surface area contributed by atoms with E-state index in [1.54, 1.807) is 38.4 Å². The maximum absolute atomic E-state index is 14.4. The summed E-state index contributed by atoms with van der Waals surface area (Å²) >= 11 is 0. The van der Waals surface area contributed by atoms with Crippen molar-refractivity contribution in [2.45, 2.75) is 26.2 Å². The third-order valence-electron chi connectivity index (χ3n) is 5.87. The lowest BCUT2D eigenvalue weighted by atomic mass is 10.0. The molecule has 0 bridgehead atoms. The van der Waals surface area contributed by atoms with Crippen LogP contribution in [-0.2, 0) is 18.3 Å². The summed E-state index contributed by atoms with van der Waals surface area (Å²) in [5.74, 6) is -1.37. The van der Waals surface area contributed by atoms with Crippen LogP contribution in [0, 0.1) is 11.6 Å². The quantitative estimate of drug-likeness (QED) is 0.261. The van der Waals surface area contributed by atoms with Gasteiger partial charge in [0.2, 0.25) is 5.91 Å². The number of nitrogens with zero attached hydrogens (tertiary/aromatic N) is 1. The number of benzene rings is 3. The number of ether oxygens (including phenoxy) is 2. The van der Waals surface area contributed by atoms with Gasteiger partial charge in [0.05, 0.1) is 6.61 Å². The molecule has 4 rings (SSSR count). The summed E-state index contributed by atoms with van der Waals surface area (Å²) in [6.45, 7) is 2.10. The number of hydrogen-bond acceptors (Lipinski definition) is 4. The number of carbonyl (C=O) groups excluding carboxylic acids is 1. The van der Waals surface area contributed by atoms with E-state index in [-0.39, 0.29) is 23.0 Å². The molecule has 4 aromatic rings. The summed E-state index contributed by atoms with van der Waals surface area (Å²) in [5.41, 5.74) is 2.34. The number of hydrogen-bond donors (Lipinski definition) is 1. The molecule has 0 saturated heterocycles. The average Bonchev–Trinajstić information content (AvgIpc) is 2.89. The highest BCUT2D eigenvalue weighted by atomic mass is 19.1. The number of aryl methyl sites for hydroxylation is 2. The van der Waals surface area contributed by atoms with E-state index in [0.717, 1.165) is 24.1 Å². The lowest BCUT2D eigenvalue weighted by molar-refractivity contribution is -0.116. The smallest absolute Gasteiger partial charge is 0.254 e. The molecule has 38 heavy (non-hydrogen) atoms. The van der Waals surface area contributed by atoms with Crippen LogP contribution in [0.1, 0.15) is 25.3 Å². The normalized spacial score (nSPS) is 10.7. The predicted molar refractivity (Wildman–Crippen MR) is 143 cm³/mol. The molecule has 6 nitrogen and oxygen atoms in total. The fraction of sp³-hybridized carbons (Fsp3) is 0.200. The van der Waals surface area contributed by atoms with Crippen molar-refractivity contribution in [2.75, 3.05) is 11.9 Å². The van der Waals surface area contributed by atoms with Gasteiger partial charge in [-0.05, 0) is 55.7 Å². The number of nitrogens with one attached hydrogen (secondary N) is 1. The lowest BCUT2D eigenvalue weighted by Crippen LogP contribution is -2.16. The Morgan fingerprint density at radius 3 is 2.42 bits per heavy atom. The van der Waals surface area contributed by atoms with Gasteiger partial charge in [-0.3, -0.25) is 9.59 Å². The van der Waals surface area contributed by atoms with Crippen LogP contribution < -0.4 is 20.3 Å². The number of anilines is 1. The number of aromatic nitrogens is 1. The molecule has 1 N–H and O–H groups in total. The van der Waals surface area contributed by atoms with E-state index in [4.69, 9.17) is 9.47 Å². The summed E-state index contributed by atoms with van der Waals surface area (Å²) in [6.07, 6.45) is 3.38. The largest absolute Gasteiger partial charge is 0.493 e. The molecular formula is C30H28F2N2O4. The van der Waals surface area contributed by atoms with Crippen molar-refractivity contribution < 1.29 is 23.0 Å². The van der Waals surface area contributed by atoms with E-state index in [0.29, 0.717) is 42.0 Å². The second-order valence-electron chi connectivity index (χ2n) is 8.71. The van der Waals surface area contributed by atoms with E-state index in [2.05, 4.69) is 5.32 Å². The van der Waals surface area contributed by atoms with Crippen LogP contribution in [0.5, 0.6) is 17.2 Å². The number of rotatable bonds is 10. The van der Waals surface area contributed by atoms with Crippen LogP contribution in [-0.4, -0.2) is 17.1 Å². The molecular weight excluding hydrogens is 490 g/mol. The van der Waals surface area contributed by atoms with E-state index in [9.17, 15) is 18.4 Å². The van der Waals surface area contributed by atoms with E-state index < -0.39 is 11.6 Å². The van der Waals surface area contributed by atoms with Crippen molar-refractivity contribution in [1.82, 2.24) is 4.57 Å². The Morgan fingerprint density at radius 1 is 0.921 bits per heavy atom. The summed E-state index contributed by atoms with van der Waals surface area (Å²) in [6, 6.07) is 19.2. The number of carbonyl (C=O) groups is 1. The van der Waals surface area contributed by atoms with Crippen molar-refractivity contribution >= 4 is 11.6 Å². The Labute approximate surface area is 219 Å². The highest BCUT2D eigenvalue weighted by Gasteiger charge is 2.18. The van der Waals surface area contributed by atoms with Gasteiger partial charge in [-0.2, -0.15) is 0 Å². The van der Waals surface area contributed by atoms with Crippen LogP contribution >= 0.6 is 0 Å². The maximum atomic E-state index is 14.4. The molecule has 1 heterocycles. The maximum Gasteiger partial charge on any atom is 0.254 e. The fourth-order valence-corrected chi connectivity index (χ4v) is 3.99. The van der Waals surface area contributed by atoms with Crippen LogP contribution in [0.15, 0.2) is 83.8 Å². The first kappa shape index (κ1) is 26.6. The van der Waals surface area contributed by atoms with Gasteiger partial charge in [0.25, 0.3) is 5.56 Å². The minimum Gasteiger partial charge on any atom is -0.493 e. The van der Waals surface area contributed by atoms with Crippen molar-refractivity contribution in [3.8, 4) is 28.4 Å². The predicted octanol–water partition coefficient (Wildman–Crippen LogP) is 6.48. The van der Waals surface area contributed by atoms with Crippen molar-refractivity contribution in [2.24, 2.45) is 7.05 Å². The first-order chi connectivity index (χ1) is 18.3. The second-order valence-corrected chi connectivity index (χ2v) is 8.71. The van der Waals surface area contributed by atoms with Crippen molar-refractivity contribution in [1.29, 1.82) is 0 Å². The van der Waals surface area contributed by atoms with Gasteiger partial charge in [0.1, 0.15) is 17.3 Å². The summed E-state index contributed by atoms with van der Waals surface area (Å²) in [5, 5.41) is 2.90. The topological polar surface area (TPSA) is 69.6 Å². The Bertz CT molecular complexity index is 1490. The Kier molecular flexibility index (Phi) is 8.53. The molecule has 0 saturated carbocycles. The zero-order chi connectivity index (χ0) is 27.1. The Morgan fingerprint density at radius 2 is 1.68 bits per heavy atom. The molecule has 0 spiro atoms. The minimum absolute atomic E-state index is 0.157. The minimum atomic E-state index is -0.864. The molecule has 1 aromatic heterocycles. The van der Waals surface area contributed by atoms with Gasteiger partial charge < -0.3 is 19.4 Å². The van der Waals surface area contributed by atoms with E-state index in [1.807, 2.05) is 30.3 Å². The third kappa shape index (κ3) is 6.64. The summed E-state index contributed by atoms with van der Waals surface area (Å²) in [4.78, 5) is 24.9. The number of halogens is 2. The van der Waals surface area contributed by atoms with Gasteiger partial charge in [-0.25, -0.2) is 8.78 Å². The molecule has 0 fully saturated rings. The fourth-order valence-electron chi connectivity index (χ4n) is 3.99. The van der Waals surface area contributed by atoms with Crippen molar-refractivity contribution in [3.05, 3.63) is 107 Å². The van der Waals surface area contributed by atoms with Gasteiger partial charge >= 0.3 is 0 Å². The van der Waals surface area contributed by atoms with Gasteiger partial charge in [-0.15, -0.1) is 0 Å². The average molecular weight is 519 g/mol. The molecule has 0 aliphatic carbocycles. The Hall–Kier alpha value is -4.46. The molecule has 3 aromatic carbocycles. The summed E-state index contributed by atoms with van der Waals surface area (Å²) < 4.78 is 40.7. The number of amides is 1. The monoisotopic (exact) mass is 518 g/mol. The van der Waals surface area contributed by atoms with E-state index >= 15 is 0 Å². The molecule has 0 atom stereocenters. The highest BCUT2D eigenvalue weighted by Crippen LogP contribution is 2.40. The van der Waals surface area contributed by atoms with Crippen LogP contribution in [0.2, 0.25) is 0 Å². The standard InChI is InChI=1S/C30H28F2N2O4/c1-3-37-28-18-30(36)34(2)19-24(28)23-17-22(33-29(35)11-7-10-20-8-5-4-6-9-20)13-15-26(23)38-27-14-12-21(31)16-25(27)32/h4-6,8-9,12-19H,3,7,10-11H2,1-2H3,(H,33,35). The first-order valence-electron chi connectivity index (χ1n) is 12.3. The van der Waals surface area contributed by atoms with Crippen LogP contribution in [0.4, 0.5) is 14.5 Å². The Balaban J connectivity index is 1.64. The molecule has 0 unspecified atom stereocenters. The second kappa shape index (κ2) is 12.2. The zero-order valence-corrected chi connectivity index (χ0v) is 21.2.